The van der Waals surface area contributed by atoms with Gasteiger partial charge in [-0.1, -0.05) is 6.92 Å². The molecule has 0 unspecified atom stereocenters. The first kappa shape index (κ1) is 10.7. The third-order valence-corrected chi connectivity index (χ3v) is 2.45. The predicted octanol–water partition coefficient (Wildman–Crippen LogP) is 2.80. The standard InChI is InChI=1S/C11H9F3N2/c1-2-5-3-6-8(16-11(5)15)4-7(12)10(14)9(6)13/h3-4H,2H2,1H3,(H2,15,16). The number of hydrogen-bond donors (Lipinski definition) is 1. The summed E-state index contributed by atoms with van der Waals surface area (Å²) >= 11 is 0. The van der Waals surface area contributed by atoms with E-state index in [2.05, 4.69) is 4.98 Å². The third kappa shape index (κ3) is 1.48. The molecule has 0 aliphatic carbocycles. The number of fused-ring (bicyclic) bond motifs is 1. The molecule has 0 atom stereocenters. The van der Waals surface area contributed by atoms with Crippen LogP contribution in [-0.2, 0) is 6.42 Å². The van der Waals surface area contributed by atoms with Gasteiger partial charge in [0, 0.05) is 11.5 Å². The van der Waals surface area contributed by atoms with Crippen LogP contribution in [0.2, 0.25) is 0 Å². The molecule has 2 nitrogen and oxygen atoms in total. The van der Waals surface area contributed by atoms with Crippen LogP contribution in [0.3, 0.4) is 0 Å². The molecule has 2 N–H and O–H groups in total. The Kier molecular flexibility index (Phi) is 2.46. The van der Waals surface area contributed by atoms with Gasteiger partial charge in [0.25, 0.3) is 0 Å². The Balaban J connectivity index is 2.86. The first-order valence-electron chi connectivity index (χ1n) is 4.77. The molecule has 5 heteroatoms. The first-order valence-corrected chi connectivity index (χ1v) is 4.77. The van der Waals surface area contributed by atoms with Gasteiger partial charge in [-0.25, -0.2) is 18.2 Å². The van der Waals surface area contributed by atoms with E-state index in [1.807, 2.05) is 6.92 Å². The molecule has 16 heavy (non-hydrogen) atoms. The fourth-order valence-corrected chi connectivity index (χ4v) is 1.56. The summed E-state index contributed by atoms with van der Waals surface area (Å²) < 4.78 is 39.3. The largest absolute Gasteiger partial charge is 0.383 e. The molecule has 1 heterocycles. The minimum Gasteiger partial charge on any atom is -0.383 e. The molecule has 1 aromatic carbocycles. The number of benzene rings is 1. The van der Waals surface area contributed by atoms with E-state index in [4.69, 9.17) is 5.73 Å². The van der Waals surface area contributed by atoms with Gasteiger partial charge in [0.1, 0.15) is 5.82 Å². The summed E-state index contributed by atoms with van der Waals surface area (Å²) in [4.78, 5) is 3.84. The molecular formula is C11H9F3N2. The van der Waals surface area contributed by atoms with Crippen LogP contribution < -0.4 is 5.73 Å². The second-order valence-corrected chi connectivity index (χ2v) is 3.44. The summed E-state index contributed by atoms with van der Waals surface area (Å²) in [6.45, 7) is 1.82. The van der Waals surface area contributed by atoms with Gasteiger partial charge in [-0.05, 0) is 18.1 Å². The first-order chi connectivity index (χ1) is 7.54. The molecule has 0 bridgehead atoms. The Hall–Kier alpha value is -1.78. The van der Waals surface area contributed by atoms with Crippen LogP contribution in [0, 0.1) is 17.5 Å². The Morgan fingerprint density at radius 3 is 2.50 bits per heavy atom. The Morgan fingerprint density at radius 2 is 1.88 bits per heavy atom. The Morgan fingerprint density at radius 1 is 1.19 bits per heavy atom. The zero-order chi connectivity index (χ0) is 11.9. The topological polar surface area (TPSA) is 38.9 Å². The SMILES string of the molecule is CCc1cc2c(F)c(F)c(F)cc2nc1N. The van der Waals surface area contributed by atoms with Crippen LogP contribution in [0.25, 0.3) is 10.9 Å². The number of nitrogens with zero attached hydrogens (tertiary/aromatic N) is 1. The van der Waals surface area contributed by atoms with Gasteiger partial charge in [-0.2, -0.15) is 0 Å². The molecule has 0 fully saturated rings. The highest BCUT2D eigenvalue weighted by molar-refractivity contribution is 5.82. The van der Waals surface area contributed by atoms with Crippen molar-refractivity contribution in [2.24, 2.45) is 0 Å². The van der Waals surface area contributed by atoms with Crippen molar-refractivity contribution in [3.05, 3.63) is 35.1 Å². The number of nitrogen functional groups attached to an aromatic ring is 1. The van der Waals surface area contributed by atoms with Gasteiger partial charge in [0.2, 0.25) is 0 Å². The molecule has 0 aliphatic rings. The van der Waals surface area contributed by atoms with E-state index < -0.39 is 17.5 Å². The van der Waals surface area contributed by atoms with Crippen molar-refractivity contribution in [3.8, 4) is 0 Å². The molecular weight excluding hydrogens is 217 g/mol. The van der Waals surface area contributed by atoms with Gasteiger partial charge in [-0.3, -0.25) is 0 Å². The van der Waals surface area contributed by atoms with Crippen molar-refractivity contribution in [1.82, 2.24) is 4.98 Å². The molecule has 0 amide bonds. The second kappa shape index (κ2) is 3.66. The molecule has 0 radical (unpaired) electrons. The summed E-state index contributed by atoms with van der Waals surface area (Å²) in [5.74, 6) is -3.76. The van der Waals surface area contributed by atoms with Gasteiger partial charge < -0.3 is 5.73 Å². The number of aryl methyl sites for hydroxylation is 1. The highest BCUT2D eigenvalue weighted by Crippen LogP contribution is 2.25. The van der Waals surface area contributed by atoms with E-state index in [-0.39, 0.29) is 16.7 Å². The van der Waals surface area contributed by atoms with E-state index in [9.17, 15) is 13.2 Å². The molecule has 0 saturated heterocycles. The van der Waals surface area contributed by atoms with Crippen LogP contribution in [0.1, 0.15) is 12.5 Å². The summed E-state index contributed by atoms with van der Waals surface area (Å²) in [5.41, 5.74) is 6.21. The summed E-state index contributed by atoms with van der Waals surface area (Å²) in [5, 5.41) is -0.0510. The lowest BCUT2D eigenvalue weighted by atomic mass is 10.1. The maximum absolute atomic E-state index is 13.4. The highest BCUT2D eigenvalue weighted by Gasteiger charge is 2.15. The monoisotopic (exact) mass is 226 g/mol. The van der Waals surface area contributed by atoms with Crippen molar-refractivity contribution in [3.63, 3.8) is 0 Å². The quantitative estimate of drug-likeness (QED) is 0.759. The molecule has 2 aromatic rings. The minimum atomic E-state index is -1.49. The number of hydrogen-bond acceptors (Lipinski definition) is 2. The van der Waals surface area contributed by atoms with Crippen LogP contribution in [0.5, 0.6) is 0 Å². The van der Waals surface area contributed by atoms with Crippen LogP contribution in [0.15, 0.2) is 12.1 Å². The number of aromatic nitrogens is 1. The fraction of sp³-hybridized carbons (Fsp3) is 0.182. The summed E-state index contributed by atoms with van der Waals surface area (Å²) in [6.07, 6.45) is 0.549. The van der Waals surface area contributed by atoms with E-state index >= 15 is 0 Å². The summed E-state index contributed by atoms with van der Waals surface area (Å²) in [6, 6.07) is 2.24. The number of anilines is 1. The fourth-order valence-electron chi connectivity index (χ4n) is 1.56. The zero-order valence-electron chi connectivity index (χ0n) is 8.52. The number of pyridine rings is 1. The van der Waals surface area contributed by atoms with E-state index in [0.717, 1.165) is 6.07 Å². The predicted molar refractivity (Wildman–Crippen MR) is 55.4 cm³/mol. The second-order valence-electron chi connectivity index (χ2n) is 3.44. The maximum atomic E-state index is 13.4. The lowest BCUT2D eigenvalue weighted by Gasteiger charge is -2.06. The van der Waals surface area contributed by atoms with Gasteiger partial charge in [0.15, 0.2) is 17.5 Å². The van der Waals surface area contributed by atoms with Crippen molar-refractivity contribution in [2.45, 2.75) is 13.3 Å². The Labute approximate surface area is 89.9 Å². The van der Waals surface area contributed by atoms with E-state index in [1.54, 1.807) is 0 Å². The molecule has 0 saturated carbocycles. The molecule has 1 aromatic heterocycles. The zero-order valence-corrected chi connectivity index (χ0v) is 8.52. The van der Waals surface area contributed by atoms with Crippen LogP contribution >= 0.6 is 0 Å². The number of nitrogens with two attached hydrogens (primary N) is 1. The Bertz CT molecular complexity index is 567. The molecule has 84 valence electrons. The van der Waals surface area contributed by atoms with Gasteiger partial charge in [0.05, 0.1) is 5.52 Å². The number of halogens is 3. The average Bonchev–Trinajstić information content (AvgIpc) is 2.26. The molecule has 0 aliphatic heterocycles. The van der Waals surface area contributed by atoms with Crippen molar-refractivity contribution < 1.29 is 13.2 Å². The van der Waals surface area contributed by atoms with Crippen molar-refractivity contribution in [2.75, 3.05) is 5.73 Å². The minimum absolute atomic E-state index is 0.0195. The van der Waals surface area contributed by atoms with E-state index in [1.165, 1.54) is 6.07 Å². The smallest absolute Gasteiger partial charge is 0.195 e. The van der Waals surface area contributed by atoms with Crippen LogP contribution in [0.4, 0.5) is 19.0 Å². The molecule has 0 spiro atoms. The maximum Gasteiger partial charge on any atom is 0.195 e. The van der Waals surface area contributed by atoms with Crippen molar-refractivity contribution in [1.29, 1.82) is 0 Å². The highest BCUT2D eigenvalue weighted by atomic mass is 19.2. The van der Waals surface area contributed by atoms with Crippen LogP contribution in [-0.4, -0.2) is 4.98 Å². The molecule has 2 rings (SSSR count). The normalized spacial score (nSPS) is 11.0. The van der Waals surface area contributed by atoms with E-state index in [0.29, 0.717) is 12.0 Å². The number of rotatable bonds is 1. The van der Waals surface area contributed by atoms with Gasteiger partial charge >= 0.3 is 0 Å². The summed E-state index contributed by atoms with van der Waals surface area (Å²) in [7, 11) is 0. The van der Waals surface area contributed by atoms with Gasteiger partial charge in [-0.15, -0.1) is 0 Å². The lowest BCUT2D eigenvalue weighted by molar-refractivity contribution is 0.453. The third-order valence-electron chi connectivity index (χ3n) is 2.45. The average molecular weight is 226 g/mol. The lowest BCUT2D eigenvalue weighted by Crippen LogP contribution is -2.00. The van der Waals surface area contributed by atoms with Crippen molar-refractivity contribution >= 4 is 16.7 Å².